The molecule has 0 saturated carbocycles. The van der Waals surface area contributed by atoms with Gasteiger partial charge in [0.1, 0.15) is 5.82 Å². The SMILES string of the molecule is C1=CC2NC=C(/C=N/Oc3cc(N4CCOCC4)nc(OCCc4ccccn4)n3)C2C=C1. The lowest BCUT2D eigenvalue weighted by Gasteiger charge is -2.27. The number of ether oxygens (including phenoxy) is 2. The summed E-state index contributed by atoms with van der Waals surface area (Å²) in [6, 6.07) is 8.11. The Hall–Kier alpha value is -3.72. The summed E-state index contributed by atoms with van der Waals surface area (Å²) in [6.45, 7) is 3.21. The van der Waals surface area contributed by atoms with Crippen molar-refractivity contribution in [1.82, 2.24) is 20.3 Å². The molecule has 3 aliphatic rings. The number of allylic oxidation sites excluding steroid dienone is 2. The summed E-state index contributed by atoms with van der Waals surface area (Å²) in [5.74, 6) is 1.31. The first-order chi connectivity index (χ1) is 16.3. The Morgan fingerprint density at radius 3 is 2.97 bits per heavy atom. The monoisotopic (exact) mass is 446 g/mol. The van der Waals surface area contributed by atoms with Gasteiger partial charge in [-0.3, -0.25) is 4.98 Å². The van der Waals surface area contributed by atoms with E-state index in [1.54, 1.807) is 18.5 Å². The number of pyridine rings is 1. The molecule has 2 unspecified atom stereocenters. The fourth-order valence-electron chi connectivity index (χ4n) is 3.89. The van der Waals surface area contributed by atoms with Crippen molar-refractivity contribution in [1.29, 1.82) is 0 Å². The van der Waals surface area contributed by atoms with Crippen LogP contribution < -0.4 is 19.8 Å². The van der Waals surface area contributed by atoms with E-state index in [1.165, 1.54) is 0 Å². The number of morpholine rings is 1. The van der Waals surface area contributed by atoms with Crippen LogP contribution in [0.4, 0.5) is 5.82 Å². The van der Waals surface area contributed by atoms with E-state index in [9.17, 15) is 0 Å². The highest BCUT2D eigenvalue weighted by molar-refractivity contribution is 5.80. The zero-order valence-corrected chi connectivity index (χ0v) is 18.2. The Labute approximate surface area is 192 Å². The lowest BCUT2D eigenvalue weighted by Crippen LogP contribution is -2.36. The van der Waals surface area contributed by atoms with Gasteiger partial charge in [0.05, 0.1) is 32.1 Å². The number of rotatable bonds is 8. The van der Waals surface area contributed by atoms with Crippen LogP contribution in [0.15, 0.2) is 71.7 Å². The van der Waals surface area contributed by atoms with Crippen LogP contribution in [0.5, 0.6) is 11.9 Å². The molecule has 9 nitrogen and oxygen atoms in total. The molecule has 2 aromatic heterocycles. The molecule has 0 radical (unpaired) electrons. The van der Waals surface area contributed by atoms with Gasteiger partial charge in [0.15, 0.2) is 0 Å². The normalized spacial score (nSPS) is 21.6. The number of nitrogens with zero attached hydrogens (tertiary/aromatic N) is 5. The molecule has 5 rings (SSSR count). The second kappa shape index (κ2) is 10.3. The summed E-state index contributed by atoms with van der Waals surface area (Å²) >= 11 is 0. The van der Waals surface area contributed by atoms with Gasteiger partial charge in [0.25, 0.3) is 5.88 Å². The highest BCUT2D eigenvalue weighted by Crippen LogP contribution is 2.26. The molecule has 2 aromatic rings. The number of aromatic nitrogens is 3. The molecule has 0 bridgehead atoms. The van der Waals surface area contributed by atoms with Crippen molar-refractivity contribution in [3.63, 3.8) is 0 Å². The molecule has 0 aromatic carbocycles. The van der Waals surface area contributed by atoms with Crippen LogP contribution in [0, 0.1) is 5.92 Å². The van der Waals surface area contributed by atoms with Gasteiger partial charge in [-0.1, -0.05) is 35.5 Å². The zero-order chi connectivity index (χ0) is 22.3. The standard InChI is InChI=1S/C24H26N6O3/c1-2-7-21-20(6-1)18(16-26-21)17-27-33-23-15-22(30-10-13-31-14-11-30)28-24(29-23)32-12-8-19-5-3-4-9-25-19/h1-7,9,15-17,20-21,26H,8,10-14H2/b27-17+. The van der Waals surface area contributed by atoms with Gasteiger partial charge >= 0.3 is 6.01 Å². The van der Waals surface area contributed by atoms with Crippen LogP contribution in [-0.4, -0.2) is 60.1 Å². The lowest BCUT2D eigenvalue weighted by molar-refractivity contribution is 0.122. The molecule has 9 heteroatoms. The highest BCUT2D eigenvalue weighted by atomic mass is 16.6. The third kappa shape index (κ3) is 5.38. The van der Waals surface area contributed by atoms with E-state index >= 15 is 0 Å². The molecule has 2 atom stereocenters. The van der Waals surface area contributed by atoms with Gasteiger partial charge in [-0.15, -0.1) is 0 Å². The van der Waals surface area contributed by atoms with E-state index in [0.717, 1.165) is 30.2 Å². The van der Waals surface area contributed by atoms with Gasteiger partial charge in [-0.25, -0.2) is 0 Å². The lowest BCUT2D eigenvalue weighted by atomic mass is 9.92. The van der Waals surface area contributed by atoms with Crippen LogP contribution in [0.2, 0.25) is 0 Å². The molecular weight excluding hydrogens is 420 g/mol. The molecule has 170 valence electrons. The second-order valence-electron chi connectivity index (χ2n) is 7.82. The summed E-state index contributed by atoms with van der Waals surface area (Å²) < 4.78 is 11.3. The third-order valence-electron chi connectivity index (χ3n) is 5.63. The van der Waals surface area contributed by atoms with Gasteiger partial charge in [-0.2, -0.15) is 9.97 Å². The first-order valence-electron chi connectivity index (χ1n) is 11.1. The predicted octanol–water partition coefficient (Wildman–Crippen LogP) is 2.29. The molecular formula is C24H26N6O3. The summed E-state index contributed by atoms with van der Waals surface area (Å²) in [6.07, 6.45) is 14.5. The first kappa shape index (κ1) is 21.1. The minimum Gasteiger partial charge on any atom is -0.463 e. The second-order valence-corrected chi connectivity index (χ2v) is 7.82. The van der Waals surface area contributed by atoms with Gasteiger partial charge < -0.3 is 24.5 Å². The molecule has 4 heterocycles. The maximum atomic E-state index is 5.84. The molecule has 1 fully saturated rings. The van der Waals surface area contributed by atoms with E-state index < -0.39 is 0 Å². The first-order valence-corrected chi connectivity index (χ1v) is 11.1. The Morgan fingerprint density at radius 1 is 1.18 bits per heavy atom. The topological polar surface area (TPSA) is 94.0 Å². The highest BCUT2D eigenvalue weighted by Gasteiger charge is 2.25. The minimum absolute atomic E-state index is 0.252. The number of oxime groups is 1. The van der Waals surface area contributed by atoms with Crippen molar-refractivity contribution in [3.05, 3.63) is 72.2 Å². The molecule has 2 aliphatic heterocycles. The smallest absolute Gasteiger partial charge is 0.321 e. The number of hydrogen-bond acceptors (Lipinski definition) is 9. The maximum Gasteiger partial charge on any atom is 0.321 e. The molecule has 0 amide bonds. The predicted molar refractivity (Wildman–Crippen MR) is 124 cm³/mol. The Kier molecular flexibility index (Phi) is 6.58. The largest absolute Gasteiger partial charge is 0.463 e. The van der Waals surface area contributed by atoms with Gasteiger partial charge in [0, 0.05) is 49.6 Å². The van der Waals surface area contributed by atoms with E-state index in [-0.39, 0.29) is 18.0 Å². The molecule has 0 spiro atoms. The van der Waals surface area contributed by atoms with E-state index in [1.807, 2.05) is 36.6 Å². The molecule has 33 heavy (non-hydrogen) atoms. The Balaban J connectivity index is 1.27. The zero-order valence-electron chi connectivity index (χ0n) is 18.2. The summed E-state index contributed by atoms with van der Waals surface area (Å²) in [4.78, 5) is 21.1. The maximum absolute atomic E-state index is 5.84. The molecule has 1 aliphatic carbocycles. The van der Waals surface area contributed by atoms with Crippen LogP contribution in [-0.2, 0) is 11.2 Å². The van der Waals surface area contributed by atoms with Crippen LogP contribution >= 0.6 is 0 Å². The average molecular weight is 447 g/mol. The average Bonchev–Trinajstić information content (AvgIpc) is 3.28. The number of nitrogens with one attached hydrogen (secondary N) is 1. The number of hydrogen-bond donors (Lipinski definition) is 1. The summed E-state index contributed by atoms with van der Waals surface area (Å²) in [5, 5.41) is 7.52. The van der Waals surface area contributed by atoms with Crippen molar-refractivity contribution in [2.24, 2.45) is 11.1 Å². The number of fused-ring (bicyclic) bond motifs is 1. The number of anilines is 1. The van der Waals surface area contributed by atoms with Crippen molar-refractivity contribution in [2.75, 3.05) is 37.8 Å². The van der Waals surface area contributed by atoms with Crippen molar-refractivity contribution in [3.8, 4) is 11.9 Å². The van der Waals surface area contributed by atoms with Crippen molar-refractivity contribution < 1.29 is 14.3 Å². The van der Waals surface area contributed by atoms with Gasteiger partial charge in [-0.05, 0) is 17.7 Å². The third-order valence-corrected chi connectivity index (χ3v) is 5.63. The van der Waals surface area contributed by atoms with Gasteiger partial charge in [0.2, 0.25) is 0 Å². The fourth-order valence-corrected chi connectivity index (χ4v) is 3.89. The van der Waals surface area contributed by atoms with Crippen LogP contribution in [0.25, 0.3) is 0 Å². The van der Waals surface area contributed by atoms with E-state index in [4.69, 9.17) is 14.3 Å². The van der Waals surface area contributed by atoms with E-state index in [2.05, 4.69) is 42.5 Å². The van der Waals surface area contributed by atoms with Crippen LogP contribution in [0.1, 0.15) is 5.69 Å². The molecule has 1 saturated heterocycles. The summed E-state index contributed by atoms with van der Waals surface area (Å²) in [5.41, 5.74) is 2.00. The fraction of sp³-hybridized carbons (Fsp3) is 0.333. The van der Waals surface area contributed by atoms with Crippen molar-refractivity contribution >= 4 is 12.0 Å². The Bertz CT molecular complexity index is 1060. The van der Waals surface area contributed by atoms with E-state index in [0.29, 0.717) is 32.1 Å². The minimum atomic E-state index is 0.252. The summed E-state index contributed by atoms with van der Waals surface area (Å²) in [7, 11) is 0. The van der Waals surface area contributed by atoms with Crippen LogP contribution in [0.3, 0.4) is 0 Å². The van der Waals surface area contributed by atoms with Crippen molar-refractivity contribution in [2.45, 2.75) is 12.5 Å². The Morgan fingerprint density at radius 2 is 2.09 bits per heavy atom. The quantitative estimate of drug-likeness (QED) is 0.488. The molecule has 1 N–H and O–H groups in total.